The van der Waals surface area contributed by atoms with E-state index in [1.807, 2.05) is 49.4 Å². The number of aryl methyl sites for hydroxylation is 1. The van der Waals surface area contributed by atoms with Gasteiger partial charge in [0.1, 0.15) is 11.5 Å². The number of ether oxygens (including phenoxy) is 1. The Kier molecular flexibility index (Phi) is 5.58. The van der Waals surface area contributed by atoms with E-state index >= 15 is 0 Å². The summed E-state index contributed by atoms with van der Waals surface area (Å²) in [5, 5.41) is 2.88. The predicted molar refractivity (Wildman–Crippen MR) is 81.9 cm³/mol. The summed E-state index contributed by atoms with van der Waals surface area (Å²) in [6, 6.07) is 13.8. The number of amides is 1. The summed E-state index contributed by atoms with van der Waals surface area (Å²) in [6.07, 6.45) is 1.01. The Morgan fingerprint density at radius 3 is 2.71 bits per heavy atom. The molecule has 2 aromatic rings. The number of carbonyl (C=O) groups excluding carboxylic acids is 1. The average molecular weight is 287 g/mol. The van der Waals surface area contributed by atoms with Crippen molar-refractivity contribution in [1.82, 2.24) is 5.32 Å². The Morgan fingerprint density at radius 1 is 1.24 bits per heavy atom. The van der Waals surface area contributed by atoms with Crippen molar-refractivity contribution in [3.8, 4) is 11.3 Å². The van der Waals surface area contributed by atoms with Crippen LogP contribution in [0.3, 0.4) is 0 Å². The molecule has 112 valence electrons. The molecule has 1 heterocycles. The SMILES string of the molecule is COCC(C)NC(=O)CCc1ccc(-c2ccccc2)o1. The number of nitrogens with one attached hydrogen (secondary N) is 1. The predicted octanol–water partition coefficient (Wildman–Crippen LogP) is 3.03. The zero-order valence-corrected chi connectivity index (χ0v) is 12.5. The first kappa shape index (κ1) is 15.3. The van der Waals surface area contributed by atoms with Gasteiger partial charge >= 0.3 is 0 Å². The fourth-order valence-electron chi connectivity index (χ4n) is 2.15. The normalized spacial score (nSPS) is 12.1. The minimum Gasteiger partial charge on any atom is -0.461 e. The molecule has 1 unspecified atom stereocenters. The number of hydrogen-bond acceptors (Lipinski definition) is 3. The second-order valence-corrected chi connectivity index (χ2v) is 5.06. The highest BCUT2D eigenvalue weighted by Gasteiger charge is 2.09. The molecular formula is C17H21NO3. The van der Waals surface area contributed by atoms with Crippen molar-refractivity contribution < 1.29 is 13.9 Å². The monoisotopic (exact) mass is 287 g/mol. The van der Waals surface area contributed by atoms with Crippen molar-refractivity contribution in [2.75, 3.05) is 13.7 Å². The van der Waals surface area contributed by atoms with Gasteiger partial charge in [0.25, 0.3) is 0 Å². The minimum atomic E-state index is 0.0113. The van der Waals surface area contributed by atoms with Crippen LogP contribution in [-0.4, -0.2) is 25.7 Å². The first-order valence-electron chi connectivity index (χ1n) is 7.11. The van der Waals surface area contributed by atoms with Crippen molar-refractivity contribution in [3.05, 3.63) is 48.2 Å². The summed E-state index contributed by atoms with van der Waals surface area (Å²) in [7, 11) is 1.62. The lowest BCUT2D eigenvalue weighted by molar-refractivity contribution is -0.122. The Bertz CT molecular complexity index is 562. The van der Waals surface area contributed by atoms with E-state index in [2.05, 4.69) is 5.32 Å². The Labute approximate surface area is 125 Å². The van der Waals surface area contributed by atoms with Gasteiger partial charge in [0.15, 0.2) is 0 Å². The zero-order chi connectivity index (χ0) is 15.1. The third-order valence-corrected chi connectivity index (χ3v) is 3.14. The minimum absolute atomic E-state index is 0.0113. The van der Waals surface area contributed by atoms with E-state index < -0.39 is 0 Å². The van der Waals surface area contributed by atoms with Gasteiger partial charge in [0.05, 0.1) is 6.61 Å². The second kappa shape index (κ2) is 7.64. The third kappa shape index (κ3) is 4.76. The fourth-order valence-corrected chi connectivity index (χ4v) is 2.15. The van der Waals surface area contributed by atoms with Gasteiger partial charge in [0.2, 0.25) is 5.91 Å². The van der Waals surface area contributed by atoms with Crippen LogP contribution < -0.4 is 5.32 Å². The van der Waals surface area contributed by atoms with Crippen molar-refractivity contribution in [3.63, 3.8) is 0 Å². The molecule has 0 radical (unpaired) electrons. The van der Waals surface area contributed by atoms with Gasteiger partial charge in [-0.05, 0) is 19.1 Å². The average Bonchev–Trinajstić information content (AvgIpc) is 2.95. The Morgan fingerprint density at radius 2 is 2.00 bits per heavy atom. The summed E-state index contributed by atoms with van der Waals surface area (Å²) in [5.41, 5.74) is 1.04. The van der Waals surface area contributed by atoms with Crippen LogP contribution in [0.1, 0.15) is 19.1 Å². The summed E-state index contributed by atoms with van der Waals surface area (Å²) in [5.74, 6) is 1.67. The number of rotatable bonds is 7. The molecule has 0 spiro atoms. The van der Waals surface area contributed by atoms with Gasteiger partial charge in [-0.3, -0.25) is 4.79 Å². The van der Waals surface area contributed by atoms with Crippen LogP contribution in [0.15, 0.2) is 46.9 Å². The molecule has 1 atom stereocenters. The molecule has 1 aromatic carbocycles. The molecule has 4 nitrogen and oxygen atoms in total. The summed E-state index contributed by atoms with van der Waals surface area (Å²) < 4.78 is 10.8. The standard InChI is InChI=1S/C17H21NO3/c1-13(12-20-2)18-17(19)11-9-15-8-10-16(21-15)14-6-4-3-5-7-14/h3-8,10,13H,9,11-12H2,1-2H3,(H,18,19). The van der Waals surface area contributed by atoms with Gasteiger partial charge in [-0.25, -0.2) is 0 Å². The quantitative estimate of drug-likeness (QED) is 0.851. The van der Waals surface area contributed by atoms with Crippen LogP contribution in [-0.2, 0) is 16.0 Å². The lowest BCUT2D eigenvalue weighted by Gasteiger charge is -2.12. The zero-order valence-electron chi connectivity index (χ0n) is 12.5. The smallest absolute Gasteiger partial charge is 0.220 e. The topological polar surface area (TPSA) is 51.5 Å². The van der Waals surface area contributed by atoms with Gasteiger partial charge in [-0.1, -0.05) is 30.3 Å². The highest BCUT2D eigenvalue weighted by molar-refractivity contribution is 5.76. The highest BCUT2D eigenvalue weighted by Crippen LogP contribution is 2.22. The van der Waals surface area contributed by atoms with Crippen molar-refractivity contribution in [2.45, 2.75) is 25.8 Å². The number of carbonyl (C=O) groups is 1. The van der Waals surface area contributed by atoms with E-state index in [-0.39, 0.29) is 11.9 Å². The molecule has 0 saturated carbocycles. The van der Waals surface area contributed by atoms with E-state index in [1.165, 1.54) is 0 Å². The van der Waals surface area contributed by atoms with Crippen molar-refractivity contribution in [2.24, 2.45) is 0 Å². The van der Waals surface area contributed by atoms with Crippen LogP contribution in [0.5, 0.6) is 0 Å². The van der Waals surface area contributed by atoms with E-state index in [4.69, 9.17) is 9.15 Å². The maximum Gasteiger partial charge on any atom is 0.220 e. The summed E-state index contributed by atoms with van der Waals surface area (Å²) >= 11 is 0. The van der Waals surface area contributed by atoms with Crippen LogP contribution in [0, 0.1) is 0 Å². The molecule has 1 amide bonds. The first-order valence-corrected chi connectivity index (χ1v) is 7.11. The van der Waals surface area contributed by atoms with E-state index in [0.29, 0.717) is 19.4 Å². The van der Waals surface area contributed by atoms with Crippen molar-refractivity contribution >= 4 is 5.91 Å². The number of hydrogen-bond donors (Lipinski definition) is 1. The molecule has 0 aliphatic carbocycles. The summed E-state index contributed by atoms with van der Waals surface area (Å²) in [6.45, 7) is 2.44. The first-order chi connectivity index (χ1) is 10.2. The van der Waals surface area contributed by atoms with E-state index in [9.17, 15) is 4.79 Å². The Balaban J connectivity index is 1.84. The molecule has 0 aliphatic heterocycles. The van der Waals surface area contributed by atoms with Gasteiger partial charge < -0.3 is 14.5 Å². The molecule has 1 aromatic heterocycles. The van der Waals surface area contributed by atoms with Crippen LogP contribution in [0.25, 0.3) is 11.3 Å². The fraction of sp³-hybridized carbons (Fsp3) is 0.353. The largest absolute Gasteiger partial charge is 0.461 e. The lowest BCUT2D eigenvalue weighted by Crippen LogP contribution is -2.35. The Hall–Kier alpha value is -2.07. The van der Waals surface area contributed by atoms with Gasteiger partial charge in [-0.2, -0.15) is 0 Å². The molecule has 21 heavy (non-hydrogen) atoms. The van der Waals surface area contributed by atoms with E-state index in [0.717, 1.165) is 17.1 Å². The molecule has 2 rings (SSSR count). The molecular weight excluding hydrogens is 266 g/mol. The highest BCUT2D eigenvalue weighted by atomic mass is 16.5. The van der Waals surface area contributed by atoms with Gasteiger partial charge in [0, 0.05) is 31.6 Å². The number of methoxy groups -OCH3 is 1. The molecule has 0 aliphatic rings. The van der Waals surface area contributed by atoms with Crippen LogP contribution >= 0.6 is 0 Å². The van der Waals surface area contributed by atoms with Crippen molar-refractivity contribution in [1.29, 1.82) is 0 Å². The molecule has 0 saturated heterocycles. The second-order valence-electron chi connectivity index (χ2n) is 5.06. The molecule has 0 fully saturated rings. The summed E-state index contributed by atoms with van der Waals surface area (Å²) in [4.78, 5) is 11.8. The molecule has 1 N–H and O–H groups in total. The number of benzene rings is 1. The lowest BCUT2D eigenvalue weighted by atomic mass is 10.2. The van der Waals surface area contributed by atoms with Gasteiger partial charge in [-0.15, -0.1) is 0 Å². The maximum absolute atomic E-state index is 11.8. The molecule has 0 bridgehead atoms. The van der Waals surface area contributed by atoms with Crippen LogP contribution in [0.4, 0.5) is 0 Å². The number of furan rings is 1. The maximum atomic E-state index is 11.8. The van der Waals surface area contributed by atoms with Crippen LogP contribution in [0.2, 0.25) is 0 Å². The van der Waals surface area contributed by atoms with E-state index in [1.54, 1.807) is 7.11 Å². The molecule has 4 heteroatoms. The third-order valence-electron chi connectivity index (χ3n) is 3.14.